The highest BCUT2D eigenvalue weighted by Gasteiger charge is 2.32. The van der Waals surface area contributed by atoms with E-state index in [9.17, 15) is 0 Å². The Labute approximate surface area is 177 Å². The molecule has 0 fully saturated rings. The molecule has 4 aromatic rings. The summed E-state index contributed by atoms with van der Waals surface area (Å²) in [6.45, 7) is 0.896. The maximum atomic E-state index is 5.34. The lowest BCUT2D eigenvalue weighted by molar-refractivity contribution is 0.414. The molecule has 0 aliphatic carbocycles. The number of benzene rings is 3. The van der Waals surface area contributed by atoms with Gasteiger partial charge < -0.3 is 19.9 Å². The average Bonchev–Trinajstić information content (AvgIpc) is 3.18. The number of para-hydroxylation sites is 1. The number of aromatic nitrogens is 1. The molecular formula is C26H27N3O. The third-order valence-electron chi connectivity index (χ3n) is 6.20. The normalized spacial score (nSPS) is 18.2. The van der Waals surface area contributed by atoms with Gasteiger partial charge in [-0.15, -0.1) is 0 Å². The van der Waals surface area contributed by atoms with Gasteiger partial charge in [0.25, 0.3) is 0 Å². The van der Waals surface area contributed by atoms with Crippen molar-refractivity contribution in [2.75, 3.05) is 32.6 Å². The summed E-state index contributed by atoms with van der Waals surface area (Å²) in [5, 5.41) is 5.11. The number of rotatable bonds is 4. The SMILES string of the molecule is COc1ccc([C@H]2NC[C@@H](c3ccc(N(C)C)cc3)c3c2[nH]c2ccccc32)cc1. The summed E-state index contributed by atoms with van der Waals surface area (Å²) in [4.78, 5) is 5.86. The maximum Gasteiger partial charge on any atom is 0.118 e. The fraction of sp³-hybridized carbons (Fsp3) is 0.231. The van der Waals surface area contributed by atoms with Gasteiger partial charge >= 0.3 is 0 Å². The lowest BCUT2D eigenvalue weighted by Crippen LogP contribution is -2.34. The molecule has 30 heavy (non-hydrogen) atoms. The van der Waals surface area contributed by atoms with Crippen molar-refractivity contribution in [1.82, 2.24) is 10.3 Å². The highest BCUT2D eigenvalue weighted by Crippen LogP contribution is 2.41. The number of nitrogens with one attached hydrogen (secondary N) is 2. The Morgan fingerprint density at radius 3 is 2.27 bits per heavy atom. The van der Waals surface area contributed by atoms with Crippen molar-refractivity contribution in [3.8, 4) is 5.75 Å². The quantitative estimate of drug-likeness (QED) is 0.505. The summed E-state index contributed by atoms with van der Waals surface area (Å²) in [5.41, 5.74) is 7.66. The molecule has 2 heterocycles. The zero-order chi connectivity index (χ0) is 20.7. The van der Waals surface area contributed by atoms with Crippen LogP contribution in [0, 0.1) is 0 Å². The summed E-state index contributed by atoms with van der Waals surface area (Å²) in [6.07, 6.45) is 0. The lowest BCUT2D eigenvalue weighted by Gasteiger charge is -2.31. The molecule has 0 unspecified atom stereocenters. The Morgan fingerprint density at radius 2 is 1.57 bits per heavy atom. The van der Waals surface area contributed by atoms with Crippen LogP contribution >= 0.6 is 0 Å². The molecule has 3 aromatic carbocycles. The molecule has 0 amide bonds. The number of H-pyrrole nitrogens is 1. The smallest absolute Gasteiger partial charge is 0.118 e. The van der Waals surface area contributed by atoms with Crippen LogP contribution in [0.15, 0.2) is 72.8 Å². The first-order chi connectivity index (χ1) is 14.7. The highest BCUT2D eigenvalue weighted by atomic mass is 16.5. The number of methoxy groups -OCH3 is 1. The van der Waals surface area contributed by atoms with E-state index in [0.29, 0.717) is 5.92 Å². The van der Waals surface area contributed by atoms with E-state index >= 15 is 0 Å². The number of anilines is 1. The van der Waals surface area contributed by atoms with Crippen LogP contribution in [0.4, 0.5) is 5.69 Å². The van der Waals surface area contributed by atoms with Crippen molar-refractivity contribution < 1.29 is 4.74 Å². The summed E-state index contributed by atoms with van der Waals surface area (Å²) < 4.78 is 5.34. The van der Waals surface area contributed by atoms with Crippen molar-refractivity contribution >= 4 is 16.6 Å². The number of hydrogen-bond donors (Lipinski definition) is 2. The Hall–Kier alpha value is -3.24. The minimum absolute atomic E-state index is 0.135. The van der Waals surface area contributed by atoms with Crippen LogP contribution in [-0.2, 0) is 0 Å². The van der Waals surface area contributed by atoms with Crippen molar-refractivity contribution in [3.05, 3.63) is 95.2 Å². The standard InChI is InChI=1S/C26H27N3O/c1-29(2)19-12-8-17(9-13-19)22-16-27-25(18-10-14-20(30-3)15-11-18)26-24(22)21-6-4-5-7-23(21)28-26/h4-15,22,25,27-28H,16H2,1-3H3/t22-,25+/m0/s1. The van der Waals surface area contributed by atoms with Gasteiger partial charge in [0.1, 0.15) is 5.75 Å². The van der Waals surface area contributed by atoms with E-state index < -0.39 is 0 Å². The summed E-state index contributed by atoms with van der Waals surface area (Å²) in [5.74, 6) is 1.19. The number of nitrogens with zero attached hydrogens (tertiary/aromatic N) is 1. The fourth-order valence-electron chi connectivity index (χ4n) is 4.60. The van der Waals surface area contributed by atoms with Gasteiger partial charge in [0.15, 0.2) is 0 Å². The Balaban J connectivity index is 1.61. The zero-order valence-corrected chi connectivity index (χ0v) is 17.6. The minimum atomic E-state index is 0.135. The van der Waals surface area contributed by atoms with Gasteiger partial charge in [-0.2, -0.15) is 0 Å². The first kappa shape index (κ1) is 18.8. The van der Waals surface area contributed by atoms with E-state index in [0.717, 1.165) is 12.3 Å². The van der Waals surface area contributed by atoms with Gasteiger partial charge in [-0.25, -0.2) is 0 Å². The van der Waals surface area contributed by atoms with Crippen LogP contribution in [0.5, 0.6) is 5.75 Å². The molecule has 0 saturated carbocycles. The van der Waals surface area contributed by atoms with E-state index in [4.69, 9.17) is 4.74 Å². The van der Waals surface area contributed by atoms with E-state index in [1.54, 1.807) is 7.11 Å². The van der Waals surface area contributed by atoms with Crippen LogP contribution in [0.3, 0.4) is 0 Å². The van der Waals surface area contributed by atoms with Crippen LogP contribution in [0.1, 0.15) is 34.3 Å². The highest BCUT2D eigenvalue weighted by molar-refractivity contribution is 5.86. The second-order valence-corrected chi connectivity index (χ2v) is 8.15. The van der Waals surface area contributed by atoms with E-state index in [1.165, 1.54) is 39.0 Å². The van der Waals surface area contributed by atoms with Crippen molar-refractivity contribution in [1.29, 1.82) is 0 Å². The Kier molecular flexibility index (Phi) is 4.72. The molecule has 0 saturated heterocycles. The molecule has 152 valence electrons. The molecule has 2 atom stereocenters. The number of aromatic amines is 1. The van der Waals surface area contributed by atoms with Crippen molar-refractivity contribution in [2.24, 2.45) is 0 Å². The summed E-state index contributed by atoms with van der Waals surface area (Å²) in [7, 11) is 5.86. The Morgan fingerprint density at radius 1 is 0.867 bits per heavy atom. The second kappa shape index (κ2) is 7.54. The minimum Gasteiger partial charge on any atom is -0.497 e. The zero-order valence-electron chi connectivity index (χ0n) is 17.6. The van der Waals surface area contributed by atoms with Crippen molar-refractivity contribution in [2.45, 2.75) is 12.0 Å². The molecule has 1 aromatic heterocycles. The molecule has 4 nitrogen and oxygen atoms in total. The predicted octanol–water partition coefficient (Wildman–Crippen LogP) is 5.07. The summed E-state index contributed by atoms with van der Waals surface area (Å²) >= 11 is 0. The third-order valence-corrected chi connectivity index (χ3v) is 6.20. The molecule has 0 bridgehead atoms. The first-order valence-corrected chi connectivity index (χ1v) is 10.4. The molecule has 0 spiro atoms. The lowest BCUT2D eigenvalue weighted by atomic mass is 9.83. The van der Waals surface area contributed by atoms with Gasteiger partial charge in [0, 0.05) is 48.8 Å². The van der Waals surface area contributed by atoms with Gasteiger partial charge in [0.2, 0.25) is 0 Å². The molecule has 5 rings (SSSR count). The molecular weight excluding hydrogens is 370 g/mol. The van der Waals surface area contributed by atoms with Gasteiger partial charge in [-0.3, -0.25) is 0 Å². The average molecular weight is 398 g/mol. The van der Waals surface area contributed by atoms with Crippen molar-refractivity contribution in [3.63, 3.8) is 0 Å². The topological polar surface area (TPSA) is 40.3 Å². The van der Waals surface area contributed by atoms with Gasteiger partial charge in [-0.05, 0) is 47.0 Å². The predicted molar refractivity (Wildman–Crippen MR) is 124 cm³/mol. The molecule has 1 aliphatic heterocycles. The monoisotopic (exact) mass is 397 g/mol. The van der Waals surface area contributed by atoms with Gasteiger partial charge in [0.05, 0.1) is 13.2 Å². The number of ether oxygens (including phenoxy) is 1. The Bertz CT molecular complexity index is 1160. The first-order valence-electron chi connectivity index (χ1n) is 10.4. The number of fused-ring (bicyclic) bond motifs is 3. The fourth-order valence-corrected chi connectivity index (χ4v) is 4.60. The van der Waals surface area contributed by atoms with Gasteiger partial charge in [-0.1, -0.05) is 42.5 Å². The molecule has 0 radical (unpaired) electrons. The number of hydrogen-bond acceptors (Lipinski definition) is 3. The molecule has 2 N–H and O–H groups in total. The van der Waals surface area contributed by atoms with E-state index in [2.05, 4.69) is 90.0 Å². The van der Waals surface area contributed by atoms with E-state index in [-0.39, 0.29) is 6.04 Å². The van der Waals surface area contributed by atoms with Crippen LogP contribution in [-0.4, -0.2) is 32.7 Å². The summed E-state index contributed by atoms with van der Waals surface area (Å²) in [6, 6.07) is 26.1. The third kappa shape index (κ3) is 3.14. The largest absolute Gasteiger partial charge is 0.497 e. The van der Waals surface area contributed by atoms with Crippen LogP contribution in [0.2, 0.25) is 0 Å². The van der Waals surface area contributed by atoms with E-state index in [1.807, 2.05) is 12.1 Å². The van der Waals surface area contributed by atoms with Crippen LogP contribution in [0.25, 0.3) is 10.9 Å². The second-order valence-electron chi connectivity index (χ2n) is 8.15. The molecule has 1 aliphatic rings. The molecule has 4 heteroatoms. The van der Waals surface area contributed by atoms with Crippen LogP contribution < -0.4 is 15.0 Å². The maximum absolute atomic E-state index is 5.34.